The van der Waals surface area contributed by atoms with E-state index >= 15 is 0 Å². The predicted octanol–water partition coefficient (Wildman–Crippen LogP) is 6.36. The summed E-state index contributed by atoms with van der Waals surface area (Å²) in [4.78, 5) is 9.26. The zero-order valence-electron chi connectivity index (χ0n) is 18.4. The first-order chi connectivity index (χ1) is 17.3. The first-order valence-corrected chi connectivity index (χ1v) is 11.4. The quantitative estimate of drug-likeness (QED) is 0.295. The van der Waals surface area contributed by atoms with Gasteiger partial charge in [-0.1, -0.05) is 48.5 Å². The van der Waals surface area contributed by atoms with Crippen LogP contribution in [0.3, 0.4) is 0 Å². The molecule has 1 N–H and O–H groups in total. The Bertz CT molecular complexity index is 2150. The Morgan fingerprint density at radius 1 is 0.657 bits per heavy atom. The second-order valence-electron chi connectivity index (χ2n) is 8.75. The number of fused-ring (bicyclic) bond motifs is 9. The third-order valence-corrected chi connectivity index (χ3v) is 6.79. The molecule has 4 aromatic carbocycles. The van der Waals surface area contributed by atoms with Crippen LogP contribution in [0.4, 0.5) is 0 Å². The monoisotopic (exact) mass is 451 g/mol. The summed E-state index contributed by atoms with van der Waals surface area (Å²) in [6.45, 7) is 0. The first-order valence-electron chi connectivity index (χ1n) is 11.4. The molecule has 0 aliphatic heterocycles. The fraction of sp³-hybridized carbons (Fsp3) is 0. The van der Waals surface area contributed by atoms with Crippen LogP contribution in [0.2, 0.25) is 0 Å². The molecule has 0 fully saturated rings. The molecule has 0 aliphatic carbocycles. The lowest BCUT2D eigenvalue weighted by Crippen LogP contribution is -2.16. The maximum Gasteiger partial charge on any atom is 0.233 e. The molecule has 0 amide bonds. The van der Waals surface area contributed by atoms with Gasteiger partial charge in [-0.05, 0) is 42.5 Å². The molecule has 0 saturated carbocycles. The average Bonchev–Trinajstić information content (AvgIpc) is 3.44. The van der Waals surface area contributed by atoms with E-state index in [0.29, 0.717) is 16.9 Å². The lowest BCUT2D eigenvalue weighted by Gasteiger charge is -2.09. The summed E-state index contributed by atoms with van der Waals surface area (Å²) < 4.78 is 10.3. The molecule has 0 spiro atoms. The maximum atomic E-state index is 8.54. The van der Waals surface area contributed by atoms with Crippen molar-refractivity contribution < 1.29 is 4.42 Å². The van der Waals surface area contributed by atoms with Gasteiger partial charge in [0, 0.05) is 27.9 Å². The van der Waals surface area contributed by atoms with Crippen LogP contribution in [0.15, 0.2) is 101 Å². The van der Waals surface area contributed by atoms with Gasteiger partial charge in [0.05, 0.1) is 27.5 Å². The van der Waals surface area contributed by atoms with Gasteiger partial charge in [0.1, 0.15) is 5.58 Å². The van der Waals surface area contributed by atoms with Crippen LogP contribution < -0.4 is 5.62 Å². The highest BCUT2D eigenvalue weighted by Gasteiger charge is 2.15. The number of benzene rings is 4. The SMILES string of the molecule is N=c1nc2oc3cc(-n4c5ccccc5c5ccccc54)ccc3cc2c2nc3ccccc3n12. The molecule has 0 saturated heterocycles. The predicted molar refractivity (Wildman–Crippen MR) is 138 cm³/mol. The molecule has 8 rings (SSSR count). The van der Waals surface area contributed by atoms with Crippen molar-refractivity contribution in [2.75, 3.05) is 0 Å². The highest BCUT2D eigenvalue weighted by molar-refractivity contribution is 6.09. The van der Waals surface area contributed by atoms with Gasteiger partial charge in [-0.15, -0.1) is 0 Å². The summed E-state index contributed by atoms with van der Waals surface area (Å²) in [6.07, 6.45) is 0. The topological polar surface area (TPSA) is 72.1 Å². The van der Waals surface area contributed by atoms with Crippen molar-refractivity contribution in [1.82, 2.24) is 18.9 Å². The minimum Gasteiger partial charge on any atom is -0.437 e. The van der Waals surface area contributed by atoms with E-state index in [-0.39, 0.29) is 5.62 Å². The fourth-order valence-corrected chi connectivity index (χ4v) is 5.26. The van der Waals surface area contributed by atoms with Gasteiger partial charge in [0.2, 0.25) is 11.3 Å². The zero-order valence-corrected chi connectivity index (χ0v) is 18.4. The molecule has 4 heterocycles. The summed E-state index contributed by atoms with van der Waals surface area (Å²) in [7, 11) is 0. The molecular weight excluding hydrogens is 434 g/mol. The minimum absolute atomic E-state index is 0.0999. The van der Waals surface area contributed by atoms with E-state index in [9.17, 15) is 0 Å². The van der Waals surface area contributed by atoms with Crippen LogP contribution in [0.25, 0.3) is 66.2 Å². The number of hydrogen-bond donors (Lipinski definition) is 1. The summed E-state index contributed by atoms with van der Waals surface area (Å²) >= 11 is 0. The van der Waals surface area contributed by atoms with Crippen LogP contribution in [0, 0.1) is 5.41 Å². The highest BCUT2D eigenvalue weighted by Crippen LogP contribution is 2.33. The van der Waals surface area contributed by atoms with Crippen LogP contribution >= 0.6 is 0 Å². The molecule has 8 aromatic rings. The van der Waals surface area contributed by atoms with Crippen molar-refractivity contribution in [3.63, 3.8) is 0 Å². The number of para-hydroxylation sites is 4. The maximum absolute atomic E-state index is 8.54. The Balaban J connectivity index is 1.44. The number of hydrogen-bond acceptors (Lipinski definition) is 4. The summed E-state index contributed by atoms with van der Waals surface area (Å²) in [5, 5.41) is 12.7. The smallest absolute Gasteiger partial charge is 0.233 e. The van der Waals surface area contributed by atoms with Gasteiger partial charge in [-0.2, -0.15) is 4.98 Å². The Hall–Kier alpha value is -4.97. The summed E-state index contributed by atoms with van der Waals surface area (Å²) in [6, 6.07) is 33.0. The zero-order chi connectivity index (χ0) is 23.1. The molecule has 0 unspecified atom stereocenters. The Morgan fingerprint density at radius 2 is 1.34 bits per heavy atom. The molecule has 0 aliphatic rings. The molecule has 0 radical (unpaired) electrons. The van der Waals surface area contributed by atoms with Crippen LogP contribution in [-0.2, 0) is 0 Å². The average molecular weight is 451 g/mol. The van der Waals surface area contributed by atoms with Gasteiger partial charge < -0.3 is 8.98 Å². The van der Waals surface area contributed by atoms with E-state index in [1.807, 2.05) is 30.3 Å². The van der Waals surface area contributed by atoms with Crippen molar-refractivity contribution in [2.24, 2.45) is 0 Å². The minimum atomic E-state index is 0.0999. The van der Waals surface area contributed by atoms with Crippen LogP contribution in [0.1, 0.15) is 0 Å². The van der Waals surface area contributed by atoms with E-state index in [1.165, 1.54) is 10.8 Å². The molecule has 164 valence electrons. The number of imidazole rings is 1. The highest BCUT2D eigenvalue weighted by atomic mass is 16.3. The van der Waals surface area contributed by atoms with E-state index < -0.39 is 0 Å². The lowest BCUT2D eigenvalue weighted by molar-refractivity contribution is 0.639. The largest absolute Gasteiger partial charge is 0.437 e. The van der Waals surface area contributed by atoms with Gasteiger partial charge in [0.25, 0.3) is 0 Å². The second kappa shape index (κ2) is 6.55. The summed E-state index contributed by atoms with van der Waals surface area (Å²) in [5.74, 6) is 0. The number of rotatable bonds is 1. The van der Waals surface area contributed by atoms with E-state index in [2.05, 4.69) is 76.3 Å². The van der Waals surface area contributed by atoms with Crippen molar-refractivity contribution >= 4 is 60.6 Å². The molecule has 35 heavy (non-hydrogen) atoms. The lowest BCUT2D eigenvalue weighted by atomic mass is 10.2. The second-order valence-corrected chi connectivity index (χ2v) is 8.75. The Labute approximate surface area is 197 Å². The molecule has 6 heteroatoms. The molecule has 0 bridgehead atoms. The number of nitrogens with zero attached hydrogens (tertiary/aromatic N) is 4. The molecule has 6 nitrogen and oxygen atoms in total. The number of aromatic nitrogens is 4. The molecular formula is C29H17N5O. The Kier molecular flexibility index (Phi) is 3.45. The fourth-order valence-electron chi connectivity index (χ4n) is 5.26. The van der Waals surface area contributed by atoms with Crippen molar-refractivity contribution in [2.45, 2.75) is 0 Å². The molecule has 0 atom stereocenters. The summed E-state index contributed by atoms with van der Waals surface area (Å²) in [5.41, 5.74) is 6.89. The Morgan fingerprint density at radius 3 is 2.11 bits per heavy atom. The normalized spacial score (nSPS) is 12.1. The van der Waals surface area contributed by atoms with E-state index in [0.717, 1.165) is 38.5 Å². The number of nitrogens with one attached hydrogen (secondary N) is 1. The van der Waals surface area contributed by atoms with Crippen molar-refractivity contribution in [3.8, 4) is 5.69 Å². The van der Waals surface area contributed by atoms with Gasteiger partial charge >= 0.3 is 0 Å². The van der Waals surface area contributed by atoms with Gasteiger partial charge in [-0.3, -0.25) is 9.81 Å². The van der Waals surface area contributed by atoms with Crippen LogP contribution in [0.5, 0.6) is 0 Å². The van der Waals surface area contributed by atoms with Gasteiger partial charge in [-0.25, -0.2) is 4.98 Å². The van der Waals surface area contributed by atoms with E-state index in [1.54, 1.807) is 4.40 Å². The van der Waals surface area contributed by atoms with E-state index in [4.69, 9.17) is 14.8 Å². The standard InChI is InChI=1S/C29H17N5O/c30-29-32-28-21(27-31-22-9-3-6-12-25(22)34(27)29)15-17-13-14-18(16-26(17)35-28)33-23-10-4-1-7-19(23)20-8-2-5-11-24(20)33/h1-16,30H. The third kappa shape index (κ3) is 2.45. The van der Waals surface area contributed by atoms with Gasteiger partial charge in [0.15, 0.2) is 5.65 Å². The first kappa shape index (κ1) is 18.5. The van der Waals surface area contributed by atoms with Crippen molar-refractivity contribution in [1.29, 1.82) is 5.41 Å². The van der Waals surface area contributed by atoms with Crippen molar-refractivity contribution in [3.05, 3.63) is 103 Å². The third-order valence-electron chi connectivity index (χ3n) is 6.79. The molecule has 4 aromatic heterocycles. The van der Waals surface area contributed by atoms with Crippen LogP contribution in [-0.4, -0.2) is 18.9 Å².